The molecule has 0 aromatic heterocycles. The van der Waals surface area contributed by atoms with Crippen molar-refractivity contribution < 1.29 is 9.18 Å². The van der Waals surface area contributed by atoms with Crippen LogP contribution in [0, 0.1) is 18.7 Å². The van der Waals surface area contributed by atoms with E-state index < -0.39 is 0 Å². The first-order valence-electron chi connectivity index (χ1n) is 4.67. The molecule has 0 spiro atoms. The molecule has 15 heavy (non-hydrogen) atoms. The lowest BCUT2D eigenvalue weighted by Crippen LogP contribution is -2.21. The molecule has 1 rings (SSSR count). The summed E-state index contributed by atoms with van der Waals surface area (Å²) < 4.78 is 13.0. The van der Waals surface area contributed by atoms with E-state index in [2.05, 4.69) is 5.32 Å². The number of halogens is 2. The molecule has 0 aliphatic heterocycles. The van der Waals surface area contributed by atoms with Crippen LogP contribution in [0.4, 0.5) is 10.1 Å². The number of hydrogen-bond acceptors (Lipinski definition) is 1. The van der Waals surface area contributed by atoms with Gasteiger partial charge in [0.1, 0.15) is 5.82 Å². The highest BCUT2D eigenvalue weighted by Gasteiger charge is 2.11. The quantitative estimate of drug-likeness (QED) is 0.794. The van der Waals surface area contributed by atoms with Crippen molar-refractivity contribution in [1.29, 1.82) is 0 Å². The summed E-state index contributed by atoms with van der Waals surface area (Å²) in [6.45, 7) is 3.48. The van der Waals surface area contributed by atoms with E-state index in [1.165, 1.54) is 12.1 Å². The third kappa shape index (κ3) is 3.51. The molecule has 1 atom stereocenters. The van der Waals surface area contributed by atoms with Gasteiger partial charge in [0.25, 0.3) is 0 Å². The molecule has 0 radical (unpaired) electrons. The van der Waals surface area contributed by atoms with E-state index in [1.54, 1.807) is 19.9 Å². The number of anilines is 1. The van der Waals surface area contributed by atoms with Crippen molar-refractivity contribution >= 4 is 23.2 Å². The Hall–Kier alpha value is -1.09. The summed E-state index contributed by atoms with van der Waals surface area (Å²) in [6, 6.07) is 4.40. The van der Waals surface area contributed by atoms with E-state index in [-0.39, 0.29) is 23.5 Å². The molecule has 0 heterocycles. The molecule has 1 unspecified atom stereocenters. The molecule has 1 aromatic rings. The smallest absolute Gasteiger partial charge is 0.228 e. The average Bonchev–Trinajstić information content (AvgIpc) is 2.14. The van der Waals surface area contributed by atoms with Crippen LogP contribution in [0.25, 0.3) is 0 Å². The van der Waals surface area contributed by atoms with Gasteiger partial charge in [-0.05, 0) is 30.7 Å². The summed E-state index contributed by atoms with van der Waals surface area (Å²) in [5.41, 5.74) is 1.23. The van der Waals surface area contributed by atoms with Crippen LogP contribution < -0.4 is 5.32 Å². The zero-order valence-corrected chi connectivity index (χ0v) is 9.44. The van der Waals surface area contributed by atoms with Gasteiger partial charge in [0.05, 0.1) is 0 Å². The lowest BCUT2D eigenvalue weighted by atomic mass is 10.1. The monoisotopic (exact) mass is 229 g/mol. The Morgan fingerprint density at radius 3 is 2.73 bits per heavy atom. The number of aryl methyl sites for hydroxylation is 1. The Morgan fingerprint density at radius 1 is 1.53 bits per heavy atom. The first-order chi connectivity index (χ1) is 7.02. The van der Waals surface area contributed by atoms with Crippen LogP contribution in [-0.2, 0) is 4.79 Å². The number of carbonyl (C=O) groups is 1. The third-order valence-electron chi connectivity index (χ3n) is 1.99. The Morgan fingerprint density at radius 2 is 2.20 bits per heavy atom. The highest BCUT2D eigenvalue weighted by atomic mass is 35.5. The van der Waals surface area contributed by atoms with Crippen LogP contribution >= 0.6 is 11.6 Å². The van der Waals surface area contributed by atoms with Gasteiger partial charge in [-0.1, -0.05) is 6.92 Å². The average molecular weight is 230 g/mol. The molecule has 1 N–H and O–H groups in total. The van der Waals surface area contributed by atoms with Crippen molar-refractivity contribution in [3.63, 3.8) is 0 Å². The maximum atomic E-state index is 13.0. The number of nitrogens with one attached hydrogen (secondary N) is 1. The first kappa shape index (κ1) is 12.0. The van der Waals surface area contributed by atoms with E-state index >= 15 is 0 Å². The molecule has 4 heteroatoms. The SMILES string of the molecule is Cc1cc(F)cc(NC(=O)C(C)CCl)c1. The van der Waals surface area contributed by atoms with Crippen LogP contribution in [0.3, 0.4) is 0 Å². The minimum atomic E-state index is -0.358. The standard InChI is InChI=1S/C11H13ClFNO/c1-7-3-9(13)5-10(4-7)14-11(15)8(2)6-12/h3-5,8H,6H2,1-2H3,(H,14,15). The third-order valence-corrected chi connectivity index (χ3v) is 2.45. The number of hydrogen-bond donors (Lipinski definition) is 1. The summed E-state index contributed by atoms with van der Waals surface area (Å²) in [7, 11) is 0. The van der Waals surface area contributed by atoms with Gasteiger partial charge in [0, 0.05) is 17.5 Å². The van der Waals surface area contributed by atoms with Gasteiger partial charge >= 0.3 is 0 Å². The van der Waals surface area contributed by atoms with E-state index in [0.29, 0.717) is 5.69 Å². The number of carbonyl (C=O) groups excluding carboxylic acids is 1. The van der Waals surface area contributed by atoms with E-state index in [4.69, 9.17) is 11.6 Å². The molecule has 0 bridgehead atoms. The molecule has 1 aromatic carbocycles. The first-order valence-corrected chi connectivity index (χ1v) is 5.20. The van der Waals surface area contributed by atoms with Crippen LogP contribution in [0.5, 0.6) is 0 Å². The van der Waals surface area contributed by atoms with Gasteiger partial charge < -0.3 is 5.32 Å². The second-order valence-electron chi connectivity index (χ2n) is 3.56. The van der Waals surface area contributed by atoms with E-state index in [9.17, 15) is 9.18 Å². The fourth-order valence-corrected chi connectivity index (χ4v) is 1.28. The van der Waals surface area contributed by atoms with Gasteiger partial charge in [-0.15, -0.1) is 11.6 Å². The van der Waals surface area contributed by atoms with Crippen molar-refractivity contribution in [3.05, 3.63) is 29.6 Å². The summed E-state index contributed by atoms with van der Waals surface area (Å²) in [5.74, 6) is -0.589. The zero-order valence-electron chi connectivity index (χ0n) is 8.68. The van der Waals surface area contributed by atoms with Gasteiger partial charge in [-0.3, -0.25) is 4.79 Å². The molecule has 1 amide bonds. The Bertz CT molecular complexity index is 347. The Kier molecular flexibility index (Phi) is 4.09. The van der Waals surface area contributed by atoms with E-state index in [0.717, 1.165) is 5.56 Å². The summed E-state index contributed by atoms with van der Waals surface area (Å²) in [4.78, 5) is 11.4. The molecule has 82 valence electrons. The fourth-order valence-electron chi connectivity index (χ4n) is 1.14. The molecule has 0 aliphatic rings. The second kappa shape index (κ2) is 5.12. The normalized spacial score (nSPS) is 12.3. The van der Waals surface area contributed by atoms with Crippen molar-refractivity contribution in [2.24, 2.45) is 5.92 Å². The summed E-state index contributed by atoms with van der Waals surface area (Å²) in [5, 5.41) is 2.61. The molecule has 0 fully saturated rings. The van der Waals surface area contributed by atoms with Crippen molar-refractivity contribution in [2.75, 3.05) is 11.2 Å². The van der Waals surface area contributed by atoms with Crippen LogP contribution in [0.15, 0.2) is 18.2 Å². The zero-order chi connectivity index (χ0) is 11.4. The highest BCUT2D eigenvalue weighted by molar-refractivity contribution is 6.19. The number of rotatable bonds is 3. The van der Waals surface area contributed by atoms with E-state index in [1.807, 2.05) is 0 Å². The predicted octanol–water partition coefficient (Wildman–Crippen LogP) is 2.95. The number of alkyl halides is 1. The van der Waals surface area contributed by atoms with Crippen LogP contribution in [0.1, 0.15) is 12.5 Å². The predicted molar refractivity (Wildman–Crippen MR) is 59.7 cm³/mol. The Labute approximate surface area is 93.4 Å². The van der Waals surface area contributed by atoms with Crippen molar-refractivity contribution in [2.45, 2.75) is 13.8 Å². The Balaban J connectivity index is 2.76. The number of amides is 1. The lowest BCUT2D eigenvalue weighted by molar-refractivity contribution is -0.118. The van der Waals surface area contributed by atoms with Gasteiger partial charge in [-0.25, -0.2) is 4.39 Å². The fraction of sp³-hybridized carbons (Fsp3) is 0.364. The van der Waals surface area contributed by atoms with Crippen molar-refractivity contribution in [3.8, 4) is 0 Å². The van der Waals surface area contributed by atoms with Gasteiger partial charge in [0.2, 0.25) is 5.91 Å². The van der Waals surface area contributed by atoms with Gasteiger partial charge in [-0.2, -0.15) is 0 Å². The molecule has 2 nitrogen and oxygen atoms in total. The minimum absolute atomic E-state index is 0.199. The van der Waals surface area contributed by atoms with Crippen LogP contribution in [-0.4, -0.2) is 11.8 Å². The van der Waals surface area contributed by atoms with Crippen molar-refractivity contribution in [1.82, 2.24) is 0 Å². The molecule has 0 aliphatic carbocycles. The largest absolute Gasteiger partial charge is 0.326 e. The summed E-state index contributed by atoms with van der Waals surface area (Å²) in [6.07, 6.45) is 0. The second-order valence-corrected chi connectivity index (χ2v) is 3.87. The molecule has 0 saturated heterocycles. The maximum Gasteiger partial charge on any atom is 0.228 e. The molecular weight excluding hydrogens is 217 g/mol. The topological polar surface area (TPSA) is 29.1 Å². The summed E-state index contributed by atoms with van der Waals surface area (Å²) >= 11 is 5.54. The maximum absolute atomic E-state index is 13.0. The van der Waals surface area contributed by atoms with Crippen LogP contribution in [0.2, 0.25) is 0 Å². The van der Waals surface area contributed by atoms with Gasteiger partial charge in [0.15, 0.2) is 0 Å². The lowest BCUT2D eigenvalue weighted by Gasteiger charge is -2.09. The molecular formula is C11H13ClFNO. The molecule has 0 saturated carbocycles. The minimum Gasteiger partial charge on any atom is -0.326 e. The highest BCUT2D eigenvalue weighted by Crippen LogP contribution is 2.14. The number of benzene rings is 1.